The van der Waals surface area contributed by atoms with Crippen LogP contribution in [-0.4, -0.2) is 30.9 Å². The van der Waals surface area contributed by atoms with Gasteiger partial charge in [-0.05, 0) is 31.9 Å². The van der Waals surface area contributed by atoms with Gasteiger partial charge in [-0.25, -0.2) is 0 Å². The molecule has 18 heavy (non-hydrogen) atoms. The van der Waals surface area contributed by atoms with Crippen LogP contribution in [0, 0.1) is 6.92 Å². The largest absolute Gasteiger partial charge is 0.468 e. The van der Waals surface area contributed by atoms with Crippen LogP contribution >= 0.6 is 11.8 Å². The van der Waals surface area contributed by atoms with Gasteiger partial charge >= 0.3 is 5.97 Å². The molecule has 1 N–H and O–H groups in total. The fourth-order valence-corrected chi connectivity index (χ4v) is 2.59. The van der Waals surface area contributed by atoms with Crippen LogP contribution in [0.15, 0.2) is 29.2 Å². The van der Waals surface area contributed by atoms with Crippen LogP contribution in [0.25, 0.3) is 0 Å². The summed E-state index contributed by atoms with van der Waals surface area (Å²) in [6.45, 7) is 2.07. The molecule has 0 spiro atoms. The smallest absolute Gasteiger partial charge is 0.323 e. The summed E-state index contributed by atoms with van der Waals surface area (Å²) in [5, 5.41) is 3.33. The normalized spacial score (nSPS) is 16.3. The Bertz CT molecular complexity index is 401. The summed E-state index contributed by atoms with van der Waals surface area (Å²) in [7, 11) is 1.44. The number of rotatable bonds is 6. The molecule has 0 radical (unpaired) electrons. The molecule has 0 bridgehead atoms. The first-order valence-electron chi connectivity index (χ1n) is 6.22. The first kappa shape index (κ1) is 13.4. The number of aryl methyl sites for hydroxylation is 1. The van der Waals surface area contributed by atoms with Gasteiger partial charge in [0.1, 0.15) is 6.04 Å². The van der Waals surface area contributed by atoms with Crippen LogP contribution in [0.5, 0.6) is 0 Å². The van der Waals surface area contributed by atoms with E-state index in [9.17, 15) is 4.79 Å². The van der Waals surface area contributed by atoms with Crippen molar-refractivity contribution in [3.05, 3.63) is 29.8 Å². The Balaban J connectivity index is 1.87. The van der Waals surface area contributed by atoms with Crippen molar-refractivity contribution in [2.45, 2.75) is 36.7 Å². The van der Waals surface area contributed by atoms with Gasteiger partial charge in [-0.15, -0.1) is 11.8 Å². The second-order valence-corrected chi connectivity index (χ2v) is 5.73. The fourth-order valence-electron chi connectivity index (χ4n) is 1.68. The van der Waals surface area contributed by atoms with Gasteiger partial charge in [-0.3, -0.25) is 4.79 Å². The molecule has 1 aromatic carbocycles. The van der Waals surface area contributed by atoms with Crippen LogP contribution in [0.4, 0.5) is 0 Å². The minimum absolute atomic E-state index is 0.165. The number of ether oxygens (including phenoxy) is 1. The molecule has 1 fully saturated rings. The van der Waals surface area contributed by atoms with Gasteiger partial charge < -0.3 is 10.1 Å². The van der Waals surface area contributed by atoms with Gasteiger partial charge in [-0.1, -0.05) is 17.7 Å². The maximum absolute atomic E-state index is 11.7. The van der Waals surface area contributed by atoms with Crippen LogP contribution in [0.3, 0.4) is 0 Å². The maximum Gasteiger partial charge on any atom is 0.323 e. The van der Waals surface area contributed by atoms with E-state index >= 15 is 0 Å². The van der Waals surface area contributed by atoms with Crippen molar-refractivity contribution >= 4 is 17.7 Å². The lowest BCUT2D eigenvalue weighted by Gasteiger charge is -2.15. The molecule has 1 aromatic rings. The fraction of sp³-hybridized carbons (Fsp3) is 0.500. The molecule has 0 amide bonds. The number of hydrogen-bond donors (Lipinski definition) is 1. The first-order valence-corrected chi connectivity index (χ1v) is 7.21. The molecule has 1 aliphatic rings. The zero-order chi connectivity index (χ0) is 13.0. The zero-order valence-electron chi connectivity index (χ0n) is 10.8. The maximum atomic E-state index is 11.7. The minimum atomic E-state index is -0.200. The average molecular weight is 265 g/mol. The molecule has 2 rings (SSSR count). The molecule has 1 aliphatic carbocycles. The highest BCUT2D eigenvalue weighted by Crippen LogP contribution is 2.23. The highest BCUT2D eigenvalue weighted by molar-refractivity contribution is 7.99. The third-order valence-corrected chi connectivity index (χ3v) is 4.04. The monoisotopic (exact) mass is 265 g/mol. The van der Waals surface area contributed by atoms with Crippen LogP contribution < -0.4 is 5.32 Å². The Morgan fingerprint density at radius 2 is 2.11 bits per heavy atom. The lowest BCUT2D eigenvalue weighted by atomic mass is 10.2. The van der Waals surface area contributed by atoms with Crippen molar-refractivity contribution in [2.75, 3.05) is 12.9 Å². The standard InChI is InChI=1S/C14H19NO2S/c1-10-3-7-12(8-4-10)18-9-13(14(16)17-2)15-11-5-6-11/h3-4,7-8,11,13,15H,5-6,9H2,1-2H3. The molecule has 0 aliphatic heterocycles. The number of methoxy groups -OCH3 is 1. The van der Waals surface area contributed by atoms with Gasteiger partial charge in [0.2, 0.25) is 0 Å². The van der Waals surface area contributed by atoms with Gasteiger partial charge in [-0.2, -0.15) is 0 Å². The number of thioether (sulfide) groups is 1. The summed E-state index contributed by atoms with van der Waals surface area (Å²) in [5.74, 6) is 0.549. The molecule has 0 heterocycles. The highest BCUT2D eigenvalue weighted by Gasteiger charge is 2.28. The van der Waals surface area contributed by atoms with Crippen molar-refractivity contribution in [3.8, 4) is 0 Å². The summed E-state index contributed by atoms with van der Waals surface area (Å²) in [6.07, 6.45) is 2.34. The van der Waals surface area contributed by atoms with Crippen molar-refractivity contribution in [1.82, 2.24) is 5.32 Å². The van der Waals surface area contributed by atoms with E-state index in [0.717, 1.165) is 0 Å². The second-order valence-electron chi connectivity index (χ2n) is 4.64. The van der Waals surface area contributed by atoms with Crippen LogP contribution in [-0.2, 0) is 9.53 Å². The van der Waals surface area contributed by atoms with E-state index in [1.807, 2.05) is 0 Å². The number of carbonyl (C=O) groups excluding carboxylic acids is 1. The lowest BCUT2D eigenvalue weighted by molar-refractivity contribution is -0.142. The molecule has 1 saturated carbocycles. The Hall–Kier alpha value is -1.00. The van der Waals surface area contributed by atoms with Gasteiger partial charge in [0, 0.05) is 16.7 Å². The minimum Gasteiger partial charge on any atom is -0.468 e. The summed E-state index contributed by atoms with van der Waals surface area (Å²) in [6, 6.07) is 8.66. The van der Waals surface area contributed by atoms with E-state index in [1.54, 1.807) is 11.8 Å². The number of carbonyl (C=O) groups is 1. The third kappa shape index (κ3) is 4.03. The van der Waals surface area contributed by atoms with E-state index in [1.165, 1.54) is 30.4 Å². The zero-order valence-corrected chi connectivity index (χ0v) is 11.6. The molecule has 4 heteroatoms. The predicted molar refractivity (Wildman–Crippen MR) is 73.9 cm³/mol. The van der Waals surface area contributed by atoms with Gasteiger partial charge in [0.15, 0.2) is 0 Å². The van der Waals surface area contributed by atoms with Crippen molar-refractivity contribution < 1.29 is 9.53 Å². The molecular formula is C14H19NO2S. The number of benzene rings is 1. The Morgan fingerprint density at radius 1 is 1.44 bits per heavy atom. The molecule has 0 aromatic heterocycles. The summed E-state index contributed by atoms with van der Waals surface area (Å²) >= 11 is 1.69. The van der Waals surface area contributed by atoms with Crippen LogP contribution in [0.2, 0.25) is 0 Å². The Morgan fingerprint density at radius 3 is 2.67 bits per heavy atom. The third-order valence-electron chi connectivity index (χ3n) is 2.94. The molecule has 1 unspecified atom stereocenters. The SMILES string of the molecule is COC(=O)C(CSc1ccc(C)cc1)NC1CC1. The number of hydrogen-bond acceptors (Lipinski definition) is 4. The predicted octanol–water partition coefficient (Wildman–Crippen LogP) is 2.38. The number of esters is 1. The topological polar surface area (TPSA) is 38.3 Å². The first-order chi connectivity index (χ1) is 8.69. The molecule has 3 nitrogen and oxygen atoms in total. The van der Waals surface area contributed by atoms with Crippen molar-refractivity contribution in [2.24, 2.45) is 0 Å². The number of nitrogens with one attached hydrogen (secondary N) is 1. The van der Waals surface area contributed by atoms with Crippen molar-refractivity contribution in [1.29, 1.82) is 0 Å². The Labute approximate surface area is 112 Å². The summed E-state index contributed by atoms with van der Waals surface area (Å²) in [4.78, 5) is 12.8. The average Bonchev–Trinajstić information content (AvgIpc) is 3.19. The summed E-state index contributed by atoms with van der Waals surface area (Å²) in [5.41, 5.74) is 1.25. The lowest BCUT2D eigenvalue weighted by Crippen LogP contribution is -2.40. The quantitative estimate of drug-likeness (QED) is 0.633. The second kappa shape index (κ2) is 6.25. The van der Waals surface area contributed by atoms with E-state index in [4.69, 9.17) is 4.74 Å². The molecule has 0 saturated heterocycles. The van der Waals surface area contributed by atoms with E-state index in [2.05, 4.69) is 36.5 Å². The van der Waals surface area contributed by atoms with Crippen molar-refractivity contribution in [3.63, 3.8) is 0 Å². The van der Waals surface area contributed by atoms with E-state index < -0.39 is 0 Å². The molecule has 1 atom stereocenters. The molecule has 98 valence electrons. The summed E-state index contributed by atoms with van der Waals surface area (Å²) < 4.78 is 4.83. The Kier molecular flexibility index (Phi) is 4.66. The van der Waals surface area contributed by atoms with Gasteiger partial charge in [0.25, 0.3) is 0 Å². The van der Waals surface area contributed by atoms with Gasteiger partial charge in [0.05, 0.1) is 7.11 Å². The van der Waals surface area contributed by atoms with Crippen LogP contribution in [0.1, 0.15) is 18.4 Å². The van der Waals surface area contributed by atoms with E-state index in [0.29, 0.717) is 11.8 Å². The highest BCUT2D eigenvalue weighted by atomic mass is 32.2. The van der Waals surface area contributed by atoms with E-state index in [-0.39, 0.29) is 12.0 Å². The molecular weight excluding hydrogens is 246 g/mol.